The third kappa shape index (κ3) is 5.87. The van der Waals surface area contributed by atoms with Crippen LogP contribution in [0, 0.1) is 0 Å². The molecule has 1 rings (SSSR count). The Balaban J connectivity index is 1.99. The Morgan fingerprint density at radius 2 is 1.88 bits per heavy atom. The van der Waals surface area contributed by atoms with Gasteiger partial charge in [-0.05, 0) is 6.42 Å². The lowest BCUT2D eigenvalue weighted by atomic mass is 10.1. The van der Waals surface area contributed by atoms with E-state index in [0.717, 1.165) is 23.0 Å². The molecule has 2 nitrogen and oxygen atoms in total. The molecule has 1 aliphatic rings. The first kappa shape index (κ1) is 15.0. The number of hydrogen-bond donors (Lipinski definition) is 0. The van der Waals surface area contributed by atoms with Gasteiger partial charge in [0.05, 0.1) is 0 Å². The standard InChI is InChI=1S/C13H23NOS2/c1-2-3-4-5-6-7-8-9-12(15)14-10-11-17-13(14)16/h2-11H2,1H3. The number of carbonyl (C=O) groups excluding carboxylic acids is 1. The van der Waals surface area contributed by atoms with Crippen LogP contribution in [0.3, 0.4) is 0 Å². The predicted octanol–water partition coefficient (Wildman–Crippen LogP) is 3.99. The lowest BCUT2D eigenvalue weighted by Gasteiger charge is -2.14. The lowest BCUT2D eigenvalue weighted by Crippen LogP contribution is -2.30. The number of rotatable bonds is 8. The molecule has 0 radical (unpaired) electrons. The summed E-state index contributed by atoms with van der Waals surface area (Å²) in [6.45, 7) is 3.05. The average Bonchev–Trinajstić information content (AvgIpc) is 2.74. The molecule has 98 valence electrons. The molecular formula is C13H23NOS2. The highest BCUT2D eigenvalue weighted by Crippen LogP contribution is 2.19. The van der Waals surface area contributed by atoms with Gasteiger partial charge in [-0.15, -0.1) is 0 Å². The highest BCUT2D eigenvalue weighted by molar-refractivity contribution is 8.23. The van der Waals surface area contributed by atoms with Crippen molar-refractivity contribution >= 4 is 34.2 Å². The van der Waals surface area contributed by atoms with Crippen molar-refractivity contribution in [3.63, 3.8) is 0 Å². The minimum atomic E-state index is 0.230. The van der Waals surface area contributed by atoms with E-state index in [1.54, 1.807) is 16.7 Å². The van der Waals surface area contributed by atoms with Crippen LogP contribution >= 0.6 is 24.0 Å². The van der Waals surface area contributed by atoms with Gasteiger partial charge >= 0.3 is 0 Å². The number of carbonyl (C=O) groups is 1. The average molecular weight is 273 g/mol. The van der Waals surface area contributed by atoms with Crippen molar-refractivity contribution in [3.8, 4) is 0 Å². The Labute approximate surface area is 115 Å². The van der Waals surface area contributed by atoms with Crippen LogP contribution in [0.2, 0.25) is 0 Å². The number of amides is 1. The molecule has 17 heavy (non-hydrogen) atoms. The predicted molar refractivity (Wildman–Crippen MR) is 79.4 cm³/mol. The molecule has 0 N–H and O–H groups in total. The molecule has 0 aromatic heterocycles. The highest BCUT2D eigenvalue weighted by Gasteiger charge is 2.22. The van der Waals surface area contributed by atoms with Gasteiger partial charge < -0.3 is 0 Å². The van der Waals surface area contributed by atoms with E-state index in [0.29, 0.717) is 6.42 Å². The van der Waals surface area contributed by atoms with Crippen LogP contribution in [-0.4, -0.2) is 27.4 Å². The second kappa shape index (κ2) is 8.92. The van der Waals surface area contributed by atoms with Crippen molar-refractivity contribution in [1.82, 2.24) is 4.90 Å². The maximum atomic E-state index is 11.8. The molecule has 0 aromatic rings. The minimum absolute atomic E-state index is 0.230. The third-order valence-corrected chi connectivity index (χ3v) is 4.48. The quantitative estimate of drug-likeness (QED) is 0.493. The molecule has 0 unspecified atom stereocenters. The summed E-state index contributed by atoms with van der Waals surface area (Å²) >= 11 is 6.76. The number of hydrogen-bond acceptors (Lipinski definition) is 3. The first-order chi connectivity index (χ1) is 8.25. The fourth-order valence-electron chi connectivity index (χ4n) is 1.99. The molecule has 1 aliphatic heterocycles. The zero-order valence-electron chi connectivity index (χ0n) is 10.7. The summed E-state index contributed by atoms with van der Waals surface area (Å²) in [4.78, 5) is 13.6. The first-order valence-electron chi connectivity index (χ1n) is 6.73. The molecule has 0 saturated carbocycles. The molecular weight excluding hydrogens is 250 g/mol. The number of nitrogens with zero attached hydrogens (tertiary/aromatic N) is 1. The molecule has 0 atom stereocenters. The molecule has 1 saturated heterocycles. The third-order valence-electron chi connectivity index (χ3n) is 3.06. The monoisotopic (exact) mass is 273 g/mol. The lowest BCUT2D eigenvalue weighted by molar-refractivity contribution is -0.126. The van der Waals surface area contributed by atoms with Gasteiger partial charge in [0.2, 0.25) is 5.91 Å². The fourth-order valence-corrected chi connectivity index (χ4v) is 3.23. The second-order valence-corrected chi connectivity index (χ2v) is 6.26. The Bertz CT molecular complexity index is 256. The van der Waals surface area contributed by atoms with Crippen molar-refractivity contribution in [3.05, 3.63) is 0 Å². The first-order valence-corrected chi connectivity index (χ1v) is 8.12. The number of unbranched alkanes of at least 4 members (excludes halogenated alkanes) is 6. The van der Waals surface area contributed by atoms with Crippen molar-refractivity contribution in [2.45, 2.75) is 58.3 Å². The SMILES string of the molecule is CCCCCCCCCC(=O)N1CCSC1=S. The summed E-state index contributed by atoms with van der Waals surface area (Å²) in [5.41, 5.74) is 0. The zero-order chi connectivity index (χ0) is 12.5. The molecule has 0 spiro atoms. The zero-order valence-corrected chi connectivity index (χ0v) is 12.4. The van der Waals surface area contributed by atoms with E-state index in [4.69, 9.17) is 12.2 Å². The van der Waals surface area contributed by atoms with Gasteiger partial charge in [0, 0.05) is 18.7 Å². The van der Waals surface area contributed by atoms with E-state index in [1.165, 1.54) is 38.5 Å². The molecule has 1 heterocycles. The topological polar surface area (TPSA) is 20.3 Å². The van der Waals surface area contributed by atoms with Crippen LogP contribution in [0.1, 0.15) is 58.3 Å². The summed E-state index contributed by atoms with van der Waals surface area (Å²) in [6.07, 6.45) is 9.46. The van der Waals surface area contributed by atoms with E-state index < -0.39 is 0 Å². The minimum Gasteiger partial charge on any atom is -0.297 e. The van der Waals surface area contributed by atoms with Crippen LogP contribution in [0.25, 0.3) is 0 Å². The van der Waals surface area contributed by atoms with Gasteiger partial charge in [-0.3, -0.25) is 9.69 Å². The van der Waals surface area contributed by atoms with Crippen LogP contribution in [0.5, 0.6) is 0 Å². The smallest absolute Gasteiger partial charge is 0.228 e. The summed E-state index contributed by atoms with van der Waals surface area (Å²) in [6, 6.07) is 0. The molecule has 0 bridgehead atoms. The van der Waals surface area contributed by atoms with E-state index in [2.05, 4.69) is 6.92 Å². The Hall–Kier alpha value is -0.0900. The van der Waals surface area contributed by atoms with Crippen molar-refractivity contribution in [2.75, 3.05) is 12.3 Å². The van der Waals surface area contributed by atoms with Crippen LogP contribution < -0.4 is 0 Å². The summed E-state index contributed by atoms with van der Waals surface area (Å²) < 4.78 is 0.776. The fraction of sp³-hybridized carbons (Fsp3) is 0.846. The van der Waals surface area contributed by atoms with Crippen LogP contribution in [0.15, 0.2) is 0 Å². The maximum Gasteiger partial charge on any atom is 0.228 e. The molecule has 1 fully saturated rings. The Morgan fingerprint density at radius 1 is 1.24 bits per heavy atom. The van der Waals surface area contributed by atoms with E-state index in [9.17, 15) is 4.79 Å². The molecule has 4 heteroatoms. The summed E-state index contributed by atoms with van der Waals surface area (Å²) in [5.74, 6) is 1.20. The summed E-state index contributed by atoms with van der Waals surface area (Å²) in [5, 5.41) is 0. The van der Waals surface area contributed by atoms with Crippen LogP contribution in [0.4, 0.5) is 0 Å². The largest absolute Gasteiger partial charge is 0.297 e. The van der Waals surface area contributed by atoms with Gasteiger partial charge in [-0.1, -0.05) is 69.4 Å². The van der Waals surface area contributed by atoms with E-state index >= 15 is 0 Å². The van der Waals surface area contributed by atoms with Gasteiger partial charge in [0.1, 0.15) is 4.32 Å². The van der Waals surface area contributed by atoms with Crippen molar-refractivity contribution in [1.29, 1.82) is 0 Å². The number of thiocarbonyl (C=S) groups is 1. The molecule has 0 aliphatic carbocycles. The number of thioether (sulfide) groups is 1. The van der Waals surface area contributed by atoms with E-state index in [1.807, 2.05) is 0 Å². The maximum absolute atomic E-state index is 11.8. The van der Waals surface area contributed by atoms with E-state index in [-0.39, 0.29) is 5.91 Å². The van der Waals surface area contributed by atoms with Gasteiger partial charge in [-0.2, -0.15) is 0 Å². The molecule has 0 aromatic carbocycles. The molecule has 1 amide bonds. The van der Waals surface area contributed by atoms with Crippen molar-refractivity contribution < 1.29 is 4.79 Å². The second-order valence-electron chi connectivity index (χ2n) is 4.53. The summed E-state index contributed by atoms with van der Waals surface area (Å²) in [7, 11) is 0. The Morgan fingerprint density at radius 3 is 2.47 bits per heavy atom. The van der Waals surface area contributed by atoms with Gasteiger partial charge in [-0.25, -0.2) is 0 Å². The van der Waals surface area contributed by atoms with Crippen molar-refractivity contribution in [2.24, 2.45) is 0 Å². The van der Waals surface area contributed by atoms with Gasteiger partial charge in [0.25, 0.3) is 0 Å². The highest BCUT2D eigenvalue weighted by atomic mass is 32.2. The van der Waals surface area contributed by atoms with Crippen LogP contribution in [-0.2, 0) is 4.79 Å². The van der Waals surface area contributed by atoms with Gasteiger partial charge in [0.15, 0.2) is 0 Å². The normalized spacial score (nSPS) is 15.6. The Kier molecular flexibility index (Phi) is 7.86.